The summed E-state index contributed by atoms with van der Waals surface area (Å²) < 4.78 is 1.28. The molecule has 1 N–H and O–H groups in total. The first-order valence-corrected chi connectivity index (χ1v) is 8.91. The van der Waals surface area contributed by atoms with E-state index in [0.717, 1.165) is 18.5 Å². The van der Waals surface area contributed by atoms with Crippen molar-refractivity contribution in [1.82, 2.24) is 10.3 Å². The van der Waals surface area contributed by atoms with Gasteiger partial charge in [-0.3, -0.25) is 0 Å². The summed E-state index contributed by atoms with van der Waals surface area (Å²) in [5.41, 5.74) is 2.55. The summed E-state index contributed by atoms with van der Waals surface area (Å²) in [4.78, 5) is 7.50. The van der Waals surface area contributed by atoms with Gasteiger partial charge in [-0.1, -0.05) is 12.1 Å². The van der Waals surface area contributed by atoms with Crippen molar-refractivity contribution >= 4 is 32.9 Å². The molecule has 0 saturated carbocycles. The zero-order chi connectivity index (χ0) is 14.8. The lowest BCUT2D eigenvalue weighted by atomic mass is 10.1. The molecule has 2 nitrogen and oxygen atoms in total. The molecular weight excluding hydrogens is 296 g/mol. The minimum atomic E-state index is 0.407. The van der Waals surface area contributed by atoms with Crippen LogP contribution < -0.4 is 5.32 Å². The Labute approximate surface area is 133 Å². The number of aryl methyl sites for hydroxylation is 2. The molecule has 0 fully saturated rings. The van der Waals surface area contributed by atoms with Crippen molar-refractivity contribution in [1.29, 1.82) is 0 Å². The van der Waals surface area contributed by atoms with Crippen molar-refractivity contribution in [2.45, 2.75) is 33.2 Å². The molecule has 1 unspecified atom stereocenters. The molecule has 0 saturated heterocycles. The largest absolute Gasteiger partial charge is 0.310 e. The number of para-hydroxylation sites is 1. The lowest BCUT2D eigenvalue weighted by molar-refractivity contribution is 0.576. The number of aromatic nitrogens is 1. The molecule has 0 bridgehead atoms. The van der Waals surface area contributed by atoms with Crippen LogP contribution in [-0.2, 0) is 6.42 Å². The van der Waals surface area contributed by atoms with Gasteiger partial charge in [0.05, 0.1) is 15.2 Å². The lowest BCUT2D eigenvalue weighted by Gasteiger charge is -2.13. The van der Waals surface area contributed by atoms with Crippen molar-refractivity contribution < 1.29 is 0 Å². The second-order valence-corrected chi connectivity index (χ2v) is 7.95. The molecule has 2 heterocycles. The van der Waals surface area contributed by atoms with Gasteiger partial charge in [0.1, 0.15) is 0 Å². The van der Waals surface area contributed by atoms with E-state index in [2.05, 4.69) is 55.3 Å². The fraction of sp³-hybridized carbons (Fsp3) is 0.353. The monoisotopic (exact) mass is 316 g/mol. The molecule has 3 rings (SSSR count). The number of hydrogen-bond donors (Lipinski definition) is 1. The van der Waals surface area contributed by atoms with E-state index in [0.29, 0.717) is 6.04 Å². The predicted molar refractivity (Wildman–Crippen MR) is 93.5 cm³/mol. The summed E-state index contributed by atoms with van der Waals surface area (Å²) in [5.74, 6) is 0. The average molecular weight is 316 g/mol. The first-order valence-electron chi connectivity index (χ1n) is 7.28. The van der Waals surface area contributed by atoms with Crippen LogP contribution in [0.2, 0.25) is 0 Å². The number of thiazole rings is 1. The highest BCUT2D eigenvalue weighted by Crippen LogP contribution is 2.26. The Balaban J connectivity index is 1.59. The molecule has 0 aliphatic heterocycles. The first kappa shape index (κ1) is 14.7. The summed E-state index contributed by atoms with van der Waals surface area (Å²) in [6, 6.07) is 11.1. The fourth-order valence-corrected chi connectivity index (χ4v) is 4.60. The van der Waals surface area contributed by atoms with Crippen LogP contribution in [0.5, 0.6) is 0 Å². The maximum absolute atomic E-state index is 4.68. The minimum Gasteiger partial charge on any atom is -0.310 e. The third kappa shape index (κ3) is 3.34. The molecule has 0 amide bonds. The third-order valence-corrected chi connectivity index (χ3v) is 5.75. The van der Waals surface area contributed by atoms with E-state index in [1.54, 1.807) is 11.3 Å². The topological polar surface area (TPSA) is 24.9 Å². The Hall–Kier alpha value is -1.23. The van der Waals surface area contributed by atoms with E-state index in [-0.39, 0.29) is 0 Å². The Morgan fingerprint density at radius 1 is 1.19 bits per heavy atom. The molecule has 3 aromatic rings. The number of nitrogens with zero attached hydrogens (tertiary/aromatic N) is 1. The highest BCUT2D eigenvalue weighted by atomic mass is 32.1. The second kappa shape index (κ2) is 6.26. The second-order valence-electron chi connectivity index (χ2n) is 5.37. The number of rotatable bonds is 5. The zero-order valence-corrected chi connectivity index (χ0v) is 14.3. The van der Waals surface area contributed by atoms with E-state index >= 15 is 0 Å². The lowest BCUT2D eigenvalue weighted by Crippen LogP contribution is -2.21. The Morgan fingerprint density at radius 2 is 2.00 bits per heavy atom. The van der Waals surface area contributed by atoms with Crippen LogP contribution in [0.25, 0.3) is 10.2 Å². The summed E-state index contributed by atoms with van der Waals surface area (Å²) in [6.07, 6.45) is 0.992. The van der Waals surface area contributed by atoms with Crippen molar-refractivity contribution in [3.05, 3.63) is 50.7 Å². The van der Waals surface area contributed by atoms with Crippen LogP contribution in [0.4, 0.5) is 0 Å². The summed E-state index contributed by atoms with van der Waals surface area (Å²) in [5, 5.41) is 4.84. The molecule has 4 heteroatoms. The molecule has 0 radical (unpaired) electrons. The quantitative estimate of drug-likeness (QED) is 0.726. The van der Waals surface area contributed by atoms with Crippen molar-refractivity contribution in [2.75, 3.05) is 6.54 Å². The van der Waals surface area contributed by atoms with Gasteiger partial charge >= 0.3 is 0 Å². The SMILES string of the molecule is Cc1cc(C(C)NCCc2nc3ccccc3s2)c(C)s1. The van der Waals surface area contributed by atoms with E-state index in [9.17, 15) is 0 Å². The standard InChI is InChI=1S/C17H20N2S2/c1-11-10-14(13(3)20-11)12(2)18-9-8-17-19-15-6-4-5-7-16(15)21-17/h4-7,10,12,18H,8-9H2,1-3H3. The Kier molecular flexibility index (Phi) is 4.38. The highest BCUT2D eigenvalue weighted by Gasteiger charge is 2.11. The van der Waals surface area contributed by atoms with Gasteiger partial charge in [0, 0.05) is 28.8 Å². The number of nitrogens with one attached hydrogen (secondary N) is 1. The highest BCUT2D eigenvalue weighted by molar-refractivity contribution is 7.18. The normalized spacial score (nSPS) is 12.9. The van der Waals surface area contributed by atoms with Crippen LogP contribution >= 0.6 is 22.7 Å². The molecule has 0 aliphatic rings. The summed E-state index contributed by atoms with van der Waals surface area (Å²) in [6.45, 7) is 7.59. The van der Waals surface area contributed by atoms with Gasteiger partial charge in [-0.05, 0) is 44.5 Å². The van der Waals surface area contributed by atoms with E-state index in [4.69, 9.17) is 0 Å². The van der Waals surface area contributed by atoms with Gasteiger partial charge < -0.3 is 5.32 Å². The molecule has 1 aromatic carbocycles. The average Bonchev–Trinajstić information content (AvgIpc) is 3.01. The third-order valence-electron chi connectivity index (χ3n) is 3.67. The Morgan fingerprint density at radius 3 is 2.71 bits per heavy atom. The van der Waals surface area contributed by atoms with Gasteiger partial charge in [-0.25, -0.2) is 4.98 Å². The molecule has 0 spiro atoms. The van der Waals surface area contributed by atoms with Crippen molar-refractivity contribution in [3.63, 3.8) is 0 Å². The van der Waals surface area contributed by atoms with Crippen molar-refractivity contribution in [2.24, 2.45) is 0 Å². The van der Waals surface area contributed by atoms with E-state index < -0.39 is 0 Å². The Bertz CT molecular complexity index is 709. The van der Waals surface area contributed by atoms with Crippen LogP contribution in [0.1, 0.15) is 33.3 Å². The number of hydrogen-bond acceptors (Lipinski definition) is 4. The maximum atomic E-state index is 4.68. The maximum Gasteiger partial charge on any atom is 0.0951 e. The molecule has 1 atom stereocenters. The smallest absolute Gasteiger partial charge is 0.0951 e. The predicted octanol–water partition coefficient (Wildman–Crippen LogP) is 4.87. The van der Waals surface area contributed by atoms with Crippen LogP contribution in [0, 0.1) is 13.8 Å². The minimum absolute atomic E-state index is 0.407. The van der Waals surface area contributed by atoms with Gasteiger partial charge in [-0.15, -0.1) is 22.7 Å². The van der Waals surface area contributed by atoms with Gasteiger partial charge in [0.2, 0.25) is 0 Å². The summed E-state index contributed by atoms with van der Waals surface area (Å²) in [7, 11) is 0. The summed E-state index contributed by atoms with van der Waals surface area (Å²) >= 11 is 3.68. The van der Waals surface area contributed by atoms with Gasteiger partial charge in [-0.2, -0.15) is 0 Å². The molecule has 2 aromatic heterocycles. The van der Waals surface area contributed by atoms with Gasteiger partial charge in [0.25, 0.3) is 0 Å². The fourth-order valence-electron chi connectivity index (χ4n) is 2.61. The van der Waals surface area contributed by atoms with E-state index in [1.165, 1.54) is 25.0 Å². The molecule has 21 heavy (non-hydrogen) atoms. The molecule has 0 aliphatic carbocycles. The van der Waals surface area contributed by atoms with Crippen molar-refractivity contribution in [3.8, 4) is 0 Å². The van der Waals surface area contributed by atoms with Crippen LogP contribution in [0.3, 0.4) is 0 Å². The molecular formula is C17H20N2S2. The zero-order valence-electron chi connectivity index (χ0n) is 12.6. The molecule has 110 valence electrons. The number of thiophene rings is 1. The van der Waals surface area contributed by atoms with E-state index in [1.807, 2.05) is 17.4 Å². The number of fused-ring (bicyclic) bond motifs is 1. The van der Waals surface area contributed by atoms with Crippen LogP contribution in [-0.4, -0.2) is 11.5 Å². The van der Waals surface area contributed by atoms with Crippen LogP contribution in [0.15, 0.2) is 30.3 Å². The first-order chi connectivity index (χ1) is 10.1. The number of benzene rings is 1. The van der Waals surface area contributed by atoms with Gasteiger partial charge in [0.15, 0.2) is 0 Å².